The van der Waals surface area contributed by atoms with Gasteiger partial charge in [0.15, 0.2) is 0 Å². The van der Waals surface area contributed by atoms with Crippen LogP contribution in [0.3, 0.4) is 0 Å². The van der Waals surface area contributed by atoms with Crippen LogP contribution in [-0.4, -0.2) is 34.6 Å². The maximum Gasteiger partial charge on any atom is 0.0320 e. The van der Waals surface area contributed by atoms with Crippen LogP contribution >= 0.6 is 23.5 Å². The van der Waals surface area contributed by atoms with E-state index in [1.807, 2.05) is 0 Å². The van der Waals surface area contributed by atoms with Crippen LogP contribution < -0.4 is 5.32 Å². The van der Waals surface area contributed by atoms with Crippen LogP contribution in [0.15, 0.2) is 12.7 Å². The summed E-state index contributed by atoms with van der Waals surface area (Å²) >= 11 is 4.26. The molecule has 1 nitrogen and oxygen atoms in total. The van der Waals surface area contributed by atoms with E-state index in [4.69, 9.17) is 0 Å². The van der Waals surface area contributed by atoms with E-state index in [-0.39, 0.29) is 0 Å². The zero-order chi connectivity index (χ0) is 11.1. The maximum absolute atomic E-state index is 3.87. The molecule has 0 bridgehead atoms. The van der Waals surface area contributed by atoms with E-state index in [1.165, 1.54) is 17.9 Å². The fourth-order valence-electron chi connectivity index (χ4n) is 1.93. The highest BCUT2D eigenvalue weighted by Crippen LogP contribution is 2.33. The lowest BCUT2D eigenvalue weighted by molar-refractivity contribution is 0.493. The van der Waals surface area contributed by atoms with Gasteiger partial charge in [0, 0.05) is 28.0 Å². The van der Waals surface area contributed by atoms with Gasteiger partial charge in [-0.2, -0.15) is 23.5 Å². The van der Waals surface area contributed by atoms with Gasteiger partial charge in [0.25, 0.3) is 0 Å². The standard InChI is InChI=1S/C12H23NS2/c1-4-6-11(13-7-5-2)12-10(3)14-8-9-15-12/h4,10-13H,1,5-9H2,2-3H3. The molecule has 1 N–H and O–H groups in total. The molecule has 3 unspecified atom stereocenters. The molecule has 3 heteroatoms. The second kappa shape index (κ2) is 7.64. The summed E-state index contributed by atoms with van der Waals surface area (Å²) in [7, 11) is 0. The molecule has 0 aromatic carbocycles. The summed E-state index contributed by atoms with van der Waals surface area (Å²) in [4.78, 5) is 0. The highest BCUT2D eigenvalue weighted by atomic mass is 32.2. The lowest BCUT2D eigenvalue weighted by atomic mass is 10.1. The van der Waals surface area contributed by atoms with Crippen molar-refractivity contribution in [1.29, 1.82) is 0 Å². The normalized spacial score (nSPS) is 28.7. The molecule has 1 aliphatic rings. The molecule has 0 aromatic heterocycles. The Bertz CT molecular complexity index is 184. The van der Waals surface area contributed by atoms with Crippen molar-refractivity contribution in [2.75, 3.05) is 18.1 Å². The van der Waals surface area contributed by atoms with Gasteiger partial charge < -0.3 is 5.32 Å². The van der Waals surface area contributed by atoms with Crippen LogP contribution in [0.25, 0.3) is 0 Å². The Kier molecular flexibility index (Phi) is 6.86. The van der Waals surface area contributed by atoms with E-state index >= 15 is 0 Å². The lowest BCUT2D eigenvalue weighted by Gasteiger charge is -2.34. The van der Waals surface area contributed by atoms with E-state index in [0.29, 0.717) is 6.04 Å². The van der Waals surface area contributed by atoms with E-state index in [1.54, 1.807) is 0 Å². The molecule has 1 aliphatic heterocycles. The highest BCUT2D eigenvalue weighted by molar-refractivity contribution is 8.07. The van der Waals surface area contributed by atoms with E-state index in [9.17, 15) is 0 Å². The van der Waals surface area contributed by atoms with Crippen LogP contribution in [0.4, 0.5) is 0 Å². The Morgan fingerprint density at radius 1 is 1.47 bits per heavy atom. The van der Waals surface area contributed by atoms with Gasteiger partial charge in [-0.15, -0.1) is 6.58 Å². The van der Waals surface area contributed by atoms with E-state index in [2.05, 4.69) is 55.3 Å². The molecule has 88 valence electrons. The first-order chi connectivity index (χ1) is 7.29. The Morgan fingerprint density at radius 3 is 2.80 bits per heavy atom. The second-order valence-corrected chi connectivity index (χ2v) is 6.77. The monoisotopic (exact) mass is 245 g/mol. The van der Waals surface area contributed by atoms with Gasteiger partial charge in [-0.25, -0.2) is 0 Å². The van der Waals surface area contributed by atoms with Crippen LogP contribution in [0.5, 0.6) is 0 Å². The van der Waals surface area contributed by atoms with Gasteiger partial charge in [0.2, 0.25) is 0 Å². The van der Waals surface area contributed by atoms with Gasteiger partial charge in [0.1, 0.15) is 0 Å². The van der Waals surface area contributed by atoms with Gasteiger partial charge >= 0.3 is 0 Å². The Hall–Kier alpha value is 0.400. The van der Waals surface area contributed by atoms with E-state index < -0.39 is 0 Å². The molecule has 0 saturated carbocycles. The summed E-state index contributed by atoms with van der Waals surface area (Å²) in [5.74, 6) is 2.62. The smallest absolute Gasteiger partial charge is 0.0320 e. The summed E-state index contributed by atoms with van der Waals surface area (Å²) in [6.07, 6.45) is 4.37. The SMILES string of the molecule is C=CCC(NCCC)C1SCCSC1C. The molecule has 0 aliphatic carbocycles. The molecule has 1 saturated heterocycles. The minimum atomic E-state index is 0.621. The Balaban J connectivity index is 2.47. The third-order valence-electron chi connectivity index (χ3n) is 2.71. The fraction of sp³-hybridized carbons (Fsp3) is 0.833. The van der Waals surface area contributed by atoms with Crippen molar-refractivity contribution in [3.05, 3.63) is 12.7 Å². The number of rotatable bonds is 6. The van der Waals surface area contributed by atoms with Crippen LogP contribution in [0.1, 0.15) is 26.7 Å². The molecule has 0 radical (unpaired) electrons. The zero-order valence-electron chi connectivity index (χ0n) is 9.87. The number of nitrogens with one attached hydrogen (secondary N) is 1. The summed E-state index contributed by atoms with van der Waals surface area (Å²) in [6, 6.07) is 0.621. The van der Waals surface area contributed by atoms with Gasteiger partial charge in [-0.3, -0.25) is 0 Å². The number of hydrogen-bond acceptors (Lipinski definition) is 3. The number of hydrogen-bond donors (Lipinski definition) is 1. The van der Waals surface area contributed by atoms with Gasteiger partial charge in [-0.1, -0.05) is 19.9 Å². The molecule has 1 heterocycles. The fourth-order valence-corrected chi connectivity index (χ4v) is 4.91. The quantitative estimate of drug-likeness (QED) is 0.722. The minimum absolute atomic E-state index is 0.621. The molecular formula is C12H23NS2. The van der Waals surface area contributed by atoms with Crippen molar-refractivity contribution >= 4 is 23.5 Å². The van der Waals surface area contributed by atoms with Crippen molar-refractivity contribution in [1.82, 2.24) is 5.32 Å². The van der Waals surface area contributed by atoms with Crippen LogP contribution in [0.2, 0.25) is 0 Å². The summed E-state index contributed by atoms with van der Waals surface area (Å²) in [5, 5.41) is 5.20. The topological polar surface area (TPSA) is 12.0 Å². The molecule has 0 amide bonds. The predicted molar refractivity (Wildman–Crippen MR) is 75.1 cm³/mol. The molecule has 1 rings (SSSR count). The molecule has 15 heavy (non-hydrogen) atoms. The van der Waals surface area contributed by atoms with Gasteiger partial charge in [0.05, 0.1) is 0 Å². The maximum atomic E-state index is 3.87. The summed E-state index contributed by atoms with van der Waals surface area (Å²) < 4.78 is 0. The van der Waals surface area contributed by atoms with Crippen molar-refractivity contribution < 1.29 is 0 Å². The first-order valence-corrected chi connectivity index (χ1v) is 7.96. The minimum Gasteiger partial charge on any atom is -0.313 e. The predicted octanol–water partition coefficient (Wildman–Crippen LogP) is 3.17. The second-order valence-electron chi connectivity index (χ2n) is 4.00. The lowest BCUT2D eigenvalue weighted by Crippen LogP contribution is -2.44. The van der Waals surface area contributed by atoms with E-state index in [0.717, 1.165) is 23.5 Å². The average molecular weight is 245 g/mol. The third kappa shape index (κ3) is 4.41. The molecule has 0 spiro atoms. The molecule has 1 fully saturated rings. The van der Waals surface area contributed by atoms with Crippen LogP contribution in [-0.2, 0) is 0 Å². The summed E-state index contributed by atoms with van der Waals surface area (Å²) in [5.41, 5.74) is 0. The molecule has 3 atom stereocenters. The third-order valence-corrected chi connectivity index (χ3v) is 5.96. The first kappa shape index (κ1) is 13.5. The van der Waals surface area contributed by atoms with Crippen molar-refractivity contribution in [2.24, 2.45) is 0 Å². The first-order valence-electron chi connectivity index (χ1n) is 5.87. The Morgan fingerprint density at radius 2 is 2.20 bits per heavy atom. The zero-order valence-corrected chi connectivity index (χ0v) is 11.5. The van der Waals surface area contributed by atoms with Crippen molar-refractivity contribution in [3.8, 4) is 0 Å². The molecular weight excluding hydrogens is 222 g/mol. The van der Waals surface area contributed by atoms with Crippen molar-refractivity contribution in [3.63, 3.8) is 0 Å². The highest BCUT2D eigenvalue weighted by Gasteiger charge is 2.28. The largest absolute Gasteiger partial charge is 0.313 e. The van der Waals surface area contributed by atoms with Crippen molar-refractivity contribution in [2.45, 2.75) is 43.2 Å². The Labute approximate surface area is 103 Å². The van der Waals surface area contributed by atoms with Crippen LogP contribution in [0, 0.1) is 0 Å². The average Bonchev–Trinajstić information content (AvgIpc) is 2.25. The van der Waals surface area contributed by atoms with Gasteiger partial charge in [-0.05, 0) is 19.4 Å². The summed E-state index contributed by atoms with van der Waals surface area (Å²) in [6.45, 7) is 9.60. The number of thioether (sulfide) groups is 2. The molecule has 0 aromatic rings.